The van der Waals surface area contributed by atoms with E-state index >= 15 is 0 Å². The third-order valence-corrected chi connectivity index (χ3v) is 4.40. The minimum Gasteiger partial charge on any atom is -0.475 e. The van der Waals surface area contributed by atoms with Gasteiger partial charge >= 0.3 is 6.03 Å². The summed E-state index contributed by atoms with van der Waals surface area (Å²) in [6.07, 6.45) is 2.76. The number of amides is 2. The van der Waals surface area contributed by atoms with Crippen LogP contribution in [0.3, 0.4) is 0 Å². The van der Waals surface area contributed by atoms with Gasteiger partial charge in [-0.1, -0.05) is 0 Å². The molecule has 3 aliphatic rings. The zero-order valence-electron chi connectivity index (χ0n) is 13.6. The molecule has 0 aliphatic heterocycles. The number of carbonyl (C=O) groups is 1. The molecule has 0 saturated heterocycles. The minimum absolute atomic E-state index is 0.00834. The Morgan fingerprint density at radius 3 is 2.96 bits per heavy atom. The molecule has 1 saturated carbocycles. The molecule has 1 fully saturated rings. The van der Waals surface area contributed by atoms with Gasteiger partial charge in [0.2, 0.25) is 5.88 Å². The number of fused-ring (bicyclic) bond motifs is 2. The fourth-order valence-corrected chi connectivity index (χ4v) is 3.12. The van der Waals surface area contributed by atoms with E-state index in [1.54, 1.807) is 18.3 Å². The lowest BCUT2D eigenvalue weighted by atomic mass is 9.65. The molecule has 2 bridgehead atoms. The van der Waals surface area contributed by atoms with Gasteiger partial charge in [-0.3, -0.25) is 0 Å². The van der Waals surface area contributed by atoms with E-state index < -0.39 is 6.17 Å². The van der Waals surface area contributed by atoms with Gasteiger partial charge in [0, 0.05) is 30.8 Å². The van der Waals surface area contributed by atoms with Crippen molar-refractivity contribution in [3.63, 3.8) is 0 Å². The van der Waals surface area contributed by atoms with Gasteiger partial charge in [-0.05, 0) is 43.4 Å². The van der Waals surface area contributed by atoms with Crippen molar-refractivity contribution in [2.75, 3.05) is 6.61 Å². The van der Waals surface area contributed by atoms with Crippen LogP contribution < -0.4 is 15.4 Å². The molecule has 1 atom stereocenters. The van der Waals surface area contributed by atoms with Crippen LogP contribution in [0.4, 0.5) is 13.6 Å². The zero-order valence-corrected chi connectivity index (χ0v) is 13.6. The summed E-state index contributed by atoms with van der Waals surface area (Å²) in [5.41, 5.74) is 1.36. The van der Waals surface area contributed by atoms with Crippen molar-refractivity contribution < 1.29 is 18.3 Å². The van der Waals surface area contributed by atoms with Crippen LogP contribution in [0.1, 0.15) is 38.2 Å². The standard InChI is InChI=1S/C17H21F2N3O2/c1-11(18)10-24-15-6-12(3-5-20-15)9-21-16(23)22-17-4-2-14(19)13(7-17)8-17/h3,5-6,11H,2,4,7-10H2,1H3,(H2,21,22,23). The lowest BCUT2D eigenvalue weighted by Gasteiger charge is -2.48. The second kappa shape index (κ2) is 6.75. The summed E-state index contributed by atoms with van der Waals surface area (Å²) in [6, 6.07) is 3.15. The van der Waals surface area contributed by atoms with Gasteiger partial charge in [-0.15, -0.1) is 0 Å². The maximum atomic E-state index is 13.4. The van der Waals surface area contributed by atoms with Crippen LogP contribution in [0, 0.1) is 0 Å². The molecule has 130 valence electrons. The van der Waals surface area contributed by atoms with Crippen LogP contribution in [-0.2, 0) is 6.54 Å². The lowest BCUT2D eigenvalue weighted by Crippen LogP contribution is -2.58. The van der Waals surface area contributed by atoms with Gasteiger partial charge in [0.15, 0.2) is 0 Å². The number of pyridine rings is 1. The summed E-state index contributed by atoms with van der Waals surface area (Å²) in [4.78, 5) is 16.1. The maximum absolute atomic E-state index is 13.4. The Morgan fingerprint density at radius 2 is 2.29 bits per heavy atom. The summed E-state index contributed by atoms with van der Waals surface area (Å²) < 4.78 is 31.3. The van der Waals surface area contributed by atoms with Gasteiger partial charge in [-0.25, -0.2) is 18.6 Å². The number of halogens is 2. The summed E-state index contributed by atoms with van der Waals surface area (Å²) in [7, 11) is 0. The monoisotopic (exact) mass is 337 g/mol. The summed E-state index contributed by atoms with van der Waals surface area (Å²) >= 11 is 0. The topological polar surface area (TPSA) is 63.2 Å². The Hall–Kier alpha value is -2.18. The molecule has 24 heavy (non-hydrogen) atoms. The molecular formula is C17H21F2N3O2. The molecular weight excluding hydrogens is 316 g/mol. The first-order valence-corrected chi connectivity index (χ1v) is 8.10. The number of carbonyl (C=O) groups excluding carboxylic acids is 1. The SMILES string of the molecule is CC(F)COc1cc(CNC(=O)NC23CCC(F)=C(C2)C3)ccn1. The molecule has 4 rings (SSSR count). The molecule has 1 unspecified atom stereocenters. The number of hydrogen-bond acceptors (Lipinski definition) is 3. The van der Waals surface area contributed by atoms with Crippen LogP contribution in [0.5, 0.6) is 5.88 Å². The first-order valence-electron chi connectivity index (χ1n) is 8.10. The van der Waals surface area contributed by atoms with E-state index in [2.05, 4.69) is 15.6 Å². The fourth-order valence-electron chi connectivity index (χ4n) is 3.12. The molecule has 2 N–H and O–H groups in total. The highest BCUT2D eigenvalue weighted by molar-refractivity contribution is 5.75. The van der Waals surface area contributed by atoms with Crippen LogP contribution >= 0.6 is 0 Å². The van der Waals surface area contributed by atoms with Crippen molar-refractivity contribution in [1.29, 1.82) is 0 Å². The van der Waals surface area contributed by atoms with Crippen molar-refractivity contribution in [1.82, 2.24) is 15.6 Å². The van der Waals surface area contributed by atoms with Crippen molar-refractivity contribution in [3.8, 4) is 5.88 Å². The van der Waals surface area contributed by atoms with E-state index in [-0.39, 0.29) is 24.0 Å². The molecule has 1 aromatic heterocycles. The Bertz CT molecular complexity index is 653. The fraction of sp³-hybridized carbons (Fsp3) is 0.529. The average molecular weight is 337 g/mol. The van der Waals surface area contributed by atoms with Crippen molar-refractivity contribution in [3.05, 3.63) is 35.3 Å². The van der Waals surface area contributed by atoms with Gasteiger partial charge in [0.25, 0.3) is 0 Å². The number of nitrogens with one attached hydrogen (secondary N) is 2. The van der Waals surface area contributed by atoms with Crippen molar-refractivity contribution in [2.45, 2.75) is 50.9 Å². The molecule has 3 aliphatic carbocycles. The number of rotatable bonds is 6. The van der Waals surface area contributed by atoms with E-state index in [1.165, 1.54) is 6.92 Å². The Morgan fingerprint density at radius 1 is 1.50 bits per heavy atom. The van der Waals surface area contributed by atoms with Crippen LogP contribution in [0.15, 0.2) is 29.7 Å². The van der Waals surface area contributed by atoms with E-state index in [9.17, 15) is 13.6 Å². The summed E-state index contributed by atoms with van der Waals surface area (Å²) in [6.45, 7) is 1.66. The van der Waals surface area contributed by atoms with E-state index in [0.29, 0.717) is 38.1 Å². The normalized spacial score (nSPS) is 19.3. The molecule has 2 amide bonds. The summed E-state index contributed by atoms with van der Waals surface area (Å²) in [5, 5.41) is 5.74. The number of allylic oxidation sites excluding steroid dienone is 1. The number of hydrogen-bond donors (Lipinski definition) is 2. The van der Waals surface area contributed by atoms with Gasteiger partial charge in [0.05, 0.1) is 5.83 Å². The smallest absolute Gasteiger partial charge is 0.315 e. The van der Waals surface area contributed by atoms with Crippen LogP contribution in [0.2, 0.25) is 0 Å². The Kier molecular flexibility index (Phi) is 4.69. The first-order chi connectivity index (χ1) is 11.5. The van der Waals surface area contributed by atoms with Crippen LogP contribution in [-0.4, -0.2) is 29.3 Å². The van der Waals surface area contributed by atoms with E-state index in [1.807, 2.05) is 0 Å². The highest BCUT2D eigenvalue weighted by Crippen LogP contribution is 2.48. The van der Waals surface area contributed by atoms with Gasteiger partial charge in [-0.2, -0.15) is 0 Å². The maximum Gasteiger partial charge on any atom is 0.315 e. The first kappa shape index (κ1) is 16.7. The predicted molar refractivity (Wildman–Crippen MR) is 85.0 cm³/mol. The third kappa shape index (κ3) is 3.83. The highest BCUT2D eigenvalue weighted by atomic mass is 19.1. The van der Waals surface area contributed by atoms with E-state index in [4.69, 9.17) is 4.74 Å². The van der Waals surface area contributed by atoms with E-state index in [0.717, 1.165) is 11.1 Å². The lowest BCUT2D eigenvalue weighted by molar-refractivity contribution is 0.184. The number of aromatic nitrogens is 1. The molecule has 0 aromatic carbocycles. The quantitative estimate of drug-likeness (QED) is 0.838. The Balaban J connectivity index is 1.47. The Labute approximate surface area is 139 Å². The summed E-state index contributed by atoms with van der Waals surface area (Å²) in [5.74, 6) is 0.320. The molecule has 1 aromatic rings. The highest BCUT2D eigenvalue weighted by Gasteiger charge is 2.46. The van der Waals surface area contributed by atoms with Crippen molar-refractivity contribution in [2.24, 2.45) is 0 Å². The second-order valence-corrected chi connectivity index (χ2v) is 6.54. The predicted octanol–water partition coefficient (Wildman–Crippen LogP) is 3.17. The number of ether oxygens (including phenoxy) is 1. The third-order valence-electron chi connectivity index (χ3n) is 4.40. The molecule has 0 radical (unpaired) electrons. The minimum atomic E-state index is -1.07. The molecule has 0 spiro atoms. The average Bonchev–Trinajstić information content (AvgIpc) is 2.52. The van der Waals surface area contributed by atoms with Gasteiger partial charge in [0.1, 0.15) is 12.8 Å². The molecule has 7 heteroatoms. The largest absolute Gasteiger partial charge is 0.475 e. The second-order valence-electron chi connectivity index (χ2n) is 6.54. The number of nitrogens with zero attached hydrogens (tertiary/aromatic N) is 1. The van der Waals surface area contributed by atoms with Crippen molar-refractivity contribution >= 4 is 6.03 Å². The zero-order chi connectivity index (χ0) is 17.2. The van der Waals surface area contributed by atoms with Gasteiger partial charge < -0.3 is 15.4 Å². The van der Waals surface area contributed by atoms with Crippen LogP contribution in [0.25, 0.3) is 0 Å². The molecule has 1 heterocycles. The number of alkyl halides is 1. The number of urea groups is 1. The molecule has 5 nitrogen and oxygen atoms in total.